The first-order chi connectivity index (χ1) is 21.5. The monoisotopic (exact) mass is 582 g/mol. The molecule has 4 nitrogen and oxygen atoms in total. The van der Waals surface area contributed by atoms with Crippen molar-refractivity contribution in [1.82, 2.24) is 0 Å². The van der Waals surface area contributed by atoms with Crippen LogP contribution in [-0.2, 0) is 5.41 Å². The van der Waals surface area contributed by atoms with E-state index >= 15 is 0 Å². The van der Waals surface area contributed by atoms with Crippen LogP contribution in [-0.4, -0.2) is 6.71 Å². The smallest absolute Gasteiger partial charge is 0.252 e. The molecule has 5 aromatic rings. The maximum Gasteiger partial charge on any atom is 0.252 e. The number of hydrogen-bond donors (Lipinski definition) is 0. The van der Waals surface area contributed by atoms with Gasteiger partial charge in [0.1, 0.15) is 0 Å². The fourth-order valence-corrected chi connectivity index (χ4v) is 7.28. The first kappa shape index (κ1) is 28.5. The van der Waals surface area contributed by atoms with Crippen molar-refractivity contribution in [1.29, 1.82) is 10.5 Å². The van der Waals surface area contributed by atoms with Crippen molar-refractivity contribution < 1.29 is 0 Å². The van der Waals surface area contributed by atoms with E-state index in [1.807, 2.05) is 24.3 Å². The standard InChI is InChI=1S/C40H35BN4/c1-24-12-25(2)15-31(14-24)44-35-18-28(22-42)8-10-33(35)41-34-11-9-29(23-43)19-36(34)45(32-16-26(3)13-27(4)17-32)38-21-30(40(5,6)7)20-37(44)39(38)41/h8-21H,1-7H3. The zero-order valence-corrected chi connectivity index (χ0v) is 26.9. The van der Waals surface area contributed by atoms with E-state index in [4.69, 9.17) is 0 Å². The van der Waals surface area contributed by atoms with E-state index in [2.05, 4.69) is 131 Å². The summed E-state index contributed by atoms with van der Waals surface area (Å²) in [4.78, 5) is 4.74. The van der Waals surface area contributed by atoms with Gasteiger partial charge in [0.15, 0.2) is 0 Å². The molecule has 0 aliphatic carbocycles. The van der Waals surface area contributed by atoms with Gasteiger partial charge in [-0.25, -0.2) is 0 Å². The molecule has 0 aromatic heterocycles. The molecule has 0 saturated heterocycles. The first-order valence-corrected chi connectivity index (χ1v) is 15.5. The maximum atomic E-state index is 10.0. The minimum absolute atomic E-state index is 0.0705. The normalized spacial score (nSPS) is 13.0. The minimum atomic E-state index is -0.132. The Bertz CT molecular complexity index is 1960. The van der Waals surface area contributed by atoms with Crippen molar-refractivity contribution in [2.45, 2.75) is 53.9 Å². The summed E-state index contributed by atoms with van der Waals surface area (Å²) in [5.41, 5.74) is 17.1. The summed E-state index contributed by atoms with van der Waals surface area (Å²) >= 11 is 0. The van der Waals surface area contributed by atoms with Crippen molar-refractivity contribution in [2.24, 2.45) is 0 Å². The lowest BCUT2D eigenvalue weighted by Crippen LogP contribution is -2.61. The third kappa shape index (κ3) is 4.59. The molecule has 0 spiro atoms. The van der Waals surface area contributed by atoms with Gasteiger partial charge in [0.25, 0.3) is 6.71 Å². The quantitative estimate of drug-likeness (QED) is 0.194. The number of aryl methyl sites for hydroxylation is 4. The molecular formula is C40H35BN4. The van der Waals surface area contributed by atoms with Gasteiger partial charge in [-0.1, -0.05) is 45.0 Å². The van der Waals surface area contributed by atoms with Gasteiger partial charge in [-0.15, -0.1) is 0 Å². The van der Waals surface area contributed by atoms with E-state index in [9.17, 15) is 10.5 Å². The van der Waals surface area contributed by atoms with E-state index in [-0.39, 0.29) is 12.1 Å². The zero-order valence-electron chi connectivity index (χ0n) is 26.9. The predicted molar refractivity (Wildman–Crippen MR) is 188 cm³/mol. The van der Waals surface area contributed by atoms with Crippen LogP contribution in [0.2, 0.25) is 0 Å². The largest absolute Gasteiger partial charge is 0.311 e. The molecule has 218 valence electrons. The molecule has 2 aliphatic heterocycles. The molecule has 0 amide bonds. The number of fused-ring (bicyclic) bond motifs is 4. The summed E-state index contributed by atoms with van der Waals surface area (Å²) in [5.74, 6) is 0. The Morgan fingerprint density at radius 2 is 0.933 bits per heavy atom. The van der Waals surface area contributed by atoms with Gasteiger partial charge in [-0.2, -0.15) is 10.5 Å². The summed E-state index contributed by atoms with van der Waals surface area (Å²) in [7, 11) is 0. The Hall–Kier alpha value is -5.26. The highest BCUT2D eigenvalue weighted by atomic mass is 15.2. The van der Waals surface area contributed by atoms with Gasteiger partial charge < -0.3 is 9.80 Å². The molecule has 7 rings (SSSR count). The maximum absolute atomic E-state index is 10.0. The predicted octanol–water partition coefficient (Wildman–Crippen LogP) is 8.04. The van der Waals surface area contributed by atoms with Gasteiger partial charge in [0.2, 0.25) is 0 Å². The highest BCUT2D eigenvalue weighted by Crippen LogP contribution is 2.46. The van der Waals surface area contributed by atoms with Crippen LogP contribution in [0.4, 0.5) is 34.1 Å². The summed E-state index contributed by atoms with van der Waals surface area (Å²) in [6.45, 7) is 15.3. The highest BCUT2D eigenvalue weighted by molar-refractivity contribution is 7.00. The topological polar surface area (TPSA) is 54.1 Å². The minimum Gasteiger partial charge on any atom is -0.311 e. The van der Waals surface area contributed by atoms with Crippen molar-refractivity contribution >= 4 is 57.2 Å². The summed E-state index contributed by atoms with van der Waals surface area (Å²) in [5, 5.41) is 20.0. The van der Waals surface area contributed by atoms with Crippen molar-refractivity contribution in [3.05, 3.63) is 124 Å². The van der Waals surface area contributed by atoms with Crippen LogP contribution in [0.25, 0.3) is 0 Å². The van der Waals surface area contributed by atoms with E-state index < -0.39 is 0 Å². The van der Waals surface area contributed by atoms with Crippen LogP contribution >= 0.6 is 0 Å². The van der Waals surface area contributed by atoms with Crippen molar-refractivity contribution in [3.63, 3.8) is 0 Å². The van der Waals surface area contributed by atoms with Gasteiger partial charge >= 0.3 is 0 Å². The second-order valence-corrected chi connectivity index (χ2v) is 13.7. The Morgan fingerprint density at radius 1 is 0.533 bits per heavy atom. The van der Waals surface area contributed by atoms with Crippen LogP contribution in [0, 0.1) is 50.4 Å². The van der Waals surface area contributed by atoms with Crippen LogP contribution in [0.3, 0.4) is 0 Å². The number of nitriles is 2. The van der Waals surface area contributed by atoms with Gasteiger partial charge in [-0.05, 0) is 138 Å². The van der Waals surface area contributed by atoms with Gasteiger partial charge in [-0.3, -0.25) is 0 Å². The summed E-state index contributed by atoms with van der Waals surface area (Å²) < 4.78 is 0. The molecule has 5 aromatic carbocycles. The summed E-state index contributed by atoms with van der Waals surface area (Å²) in [6.07, 6.45) is 0. The van der Waals surface area contributed by atoms with Gasteiger partial charge in [0.05, 0.1) is 23.3 Å². The number of benzene rings is 5. The number of nitrogens with zero attached hydrogens (tertiary/aromatic N) is 4. The Balaban J connectivity index is 1.66. The van der Waals surface area contributed by atoms with Crippen LogP contribution < -0.4 is 26.2 Å². The third-order valence-corrected chi connectivity index (χ3v) is 9.13. The average Bonchev–Trinajstić information content (AvgIpc) is 2.98. The van der Waals surface area contributed by atoms with E-state index in [1.165, 1.54) is 33.3 Å². The Labute approximate surface area is 266 Å². The van der Waals surface area contributed by atoms with Gasteiger partial charge in [0, 0.05) is 34.1 Å². The molecule has 0 fully saturated rings. The molecule has 0 bridgehead atoms. The van der Waals surface area contributed by atoms with E-state index in [1.54, 1.807) is 0 Å². The van der Waals surface area contributed by atoms with E-state index in [0.29, 0.717) is 11.1 Å². The molecule has 45 heavy (non-hydrogen) atoms. The SMILES string of the molecule is Cc1cc(C)cc(N2c3cc(C#N)ccc3B3c4ccc(C#N)cc4N(c4cc(C)cc(C)c4)c4cc(C(C)(C)C)cc2c43)c1. The summed E-state index contributed by atoms with van der Waals surface area (Å²) in [6, 6.07) is 35.1. The number of hydrogen-bond acceptors (Lipinski definition) is 4. The molecule has 0 radical (unpaired) electrons. The van der Waals surface area contributed by atoms with Crippen LogP contribution in [0.5, 0.6) is 0 Å². The number of rotatable bonds is 2. The highest BCUT2D eigenvalue weighted by Gasteiger charge is 2.44. The van der Waals surface area contributed by atoms with Crippen molar-refractivity contribution in [3.8, 4) is 12.1 Å². The molecular weight excluding hydrogens is 547 g/mol. The average molecular weight is 583 g/mol. The second-order valence-electron chi connectivity index (χ2n) is 13.7. The number of anilines is 6. The molecule has 5 heteroatoms. The lowest BCUT2D eigenvalue weighted by molar-refractivity contribution is 0.590. The van der Waals surface area contributed by atoms with E-state index in [0.717, 1.165) is 45.0 Å². The lowest BCUT2D eigenvalue weighted by Gasteiger charge is -2.45. The molecule has 0 atom stereocenters. The van der Waals surface area contributed by atoms with Crippen molar-refractivity contribution in [2.75, 3.05) is 9.80 Å². The fraction of sp³-hybridized carbons (Fsp3) is 0.200. The second kappa shape index (κ2) is 10.2. The Morgan fingerprint density at radius 3 is 1.29 bits per heavy atom. The zero-order chi connectivity index (χ0) is 31.8. The molecule has 0 unspecified atom stereocenters. The molecule has 0 N–H and O–H groups in total. The fourth-order valence-electron chi connectivity index (χ4n) is 7.28. The molecule has 2 heterocycles. The first-order valence-electron chi connectivity index (χ1n) is 15.5. The molecule has 2 aliphatic rings. The third-order valence-electron chi connectivity index (χ3n) is 9.13. The Kier molecular flexibility index (Phi) is 6.43. The van der Waals surface area contributed by atoms with Crippen LogP contribution in [0.1, 0.15) is 59.7 Å². The molecule has 0 saturated carbocycles. The van der Waals surface area contributed by atoms with Crippen LogP contribution in [0.15, 0.2) is 84.9 Å². The lowest BCUT2D eigenvalue weighted by atomic mass is 9.33.